The molecule has 1 saturated heterocycles. The van der Waals surface area contributed by atoms with Gasteiger partial charge in [0, 0.05) is 31.4 Å². The Bertz CT molecular complexity index is 1140. The average molecular weight is 497 g/mol. The first-order valence-electron chi connectivity index (χ1n) is 12.7. The Morgan fingerprint density at radius 3 is 2.61 bits per heavy atom. The van der Waals surface area contributed by atoms with Crippen molar-refractivity contribution in [2.75, 3.05) is 18.1 Å². The maximum absolute atomic E-state index is 13.6. The van der Waals surface area contributed by atoms with E-state index in [2.05, 4.69) is 36.0 Å². The number of rotatable bonds is 9. The van der Waals surface area contributed by atoms with Gasteiger partial charge in [-0.1, -0.05) is 13.8 Å². The third kappa shape index (κ3) is 6.60. The number of hydrogen-bond acceptors (Lipinski definition) is 6. The van der Waals surface area contributed by atoms with Gasteiger partial charge in [-0.05, 0) is 70.2 Å². The van der Waals surface area contributed by atoms with E-state index in [0.717, 1.165) is 23.4 Å². The summed E-state index contributed by atoms with van der Waals surface area (Å²) in [7, 11) is 0. The highest BCUT2D eigenvalue weighted by Gasteiger charge is 2.36. The Labute approximate surface area is 214 Å². The number of Topliss-reactive ketones (excluding diaryl/α,β-unsaturated/α-hetero) is 1. The lowest BCUT2D eigenvalue weighted by molar-refractivity contribution is -0.126. The van der Waals surface area contributed by atoms with Crippen LogP contribution in [0, 0.1) is 12.8 Å². The zero-order valence-electron chi connectivity index (χ0n) is 22.6. The lowest BCUT2D eigenvalue weighted by Gasteiger charge is -2.45. The fraction of sp³-hybridized carbons (Fsp3) is 0.571. The fourth-order valence-corrected chi connectivity index (χ4v) is 4.69. The van der Waals surface area contributed by atoms with Crippen LogP contribution in [0.2, 0.25) is 0 Å². The van der Waals surface area contributed by atoms with Crippen molar-refractivity contribution in [3.05, 3.63) is 58.3 Å². The summed E-state index contributed by atoms with van der Waals surface area (Å²) in [6, 6.07) is 4.24. The molecular weight excluding hydrogens is 456 g/mol. The molecule has 0 bridgehead atoms. The SMILES string of the molecule is CC(=O)C[C@H](NC(=O)[C@@H](CC(C)C)n1ccc(C)cc1=O)c1cncc(N2CCOC(C)(C)C2C)c1. The first-order valence-corrected chi connectivity index (χ1v) is 12.7. The average Bonchev–Trinajstić information content (AvgIpc) is 2.79. The predicted octanol–water partition coefficient (Wildman–Crippen LogP) is 3.98. The van der Waals surface area contributed by atoms with Crippen molar-refractivity contribution in [1.29, 1.82) is 0 Å². The van der Waals surface area contributed by atoms with Crippen LogP contribution in [0.3, 0.4) is 0 Å². The summed E-state index contributed by atoms with van der Waals surface area (Å²) in [4.78, 5) is 45.2. The van der Waals surface area contributed by atoms with Gasteiger partial charge in [-0.15, -0.1) is 0 Å². The highest BCUT2D eigenvalue weighted by atomic mass is 16.5. The van der Waals surface area contributed by atoms with Crippen molar-refractivity contribution in [2.24, 2.45) is 5.92 Å². The fourth-order valence-electron chi connectivity index (χ4n) is 4.69. The Kier molecular flexibility index (Phi) is 8.71. The molecule has 0 aliphatic carbocycles. The zero-order chi connectivity index (χ0) is 26.6. The van der Waals surface area contributed by atoms with Crippen molar-refractivity contribution in [3.8, 4) is 0 Å². The molecule has 8 nitrogen and oxygen atoms in total. The van der Waals surface area contributed by atoms with E-state index in [1.165, 1.54) is 17.6 Å². The Balaban J connectivity index is 1.92. The molecule has 3 heterocycles. The van der Waals surface area contributed by atoms with E-state index in [9.17, 15) is 14.4 Å². The minimum atomic E-state index is -0.677. The second-order valence-corrected chi connectivity index (χ2v) is 10.9. The molecule has 1 fully saturated rings. The van der Waals surface area contributed by atoms with E-state index in [1.807, 2.05) is 39.1 Å². The molecule has 0 radical (unpaired) electrons. The Morgan fingerprint density at radius 2 is 1.97 bits per heavy atom. The quantitative estimate of drug-likeness (QED) is 0.564. The van der Waals surface area contributed by atoms with Gasteiger partial charge in [0.05, 0.1) is 36.2 Å². The molecule has 36 heavy (non-hydrogen) atoms. The van der Waals surface area contributed by atoms with Gasteiger partial charge in [-0.2, -0.15) is 0 Å². The van der Waals surface area contributed by atoms with Gasteiger partial charge in [0.15, 0.2) is 0 Å². The molecule has 3 rings (SSSR count). The van der Waals surface area contributed by atoms with Crippen molar-refractivity contribution >= 4 is 17.4 Å². The monoisotopic (exact) mass is 496 g/mol. The van der Waals surface area contributed by atoms with Crippen LogP contribution in [-0.4, -0.2) is 46.0 Å². The van der Waals surface area contributed by atoms with Crippen molar-refractivity contribution < 1.29 is 14.3 Å². The van der Waals surface area contributed by atoms with Gasteiger partial charge in [-0.3, -0.25) is 19.4 Å². The van der Waals surface area contributed by atoms with Crippen molar-refractivity contribution in [3.63, 3.8) is 0 Å². The van der Waals surface area contributed by atoms with Crippen LogP contribution in [0.25, 0.3) is 0 Å². The van der Waals surface area contributed by atoms with Crippen LogP contribution >= 0.6 is 0 Å². The predicted molar refractivity (Wildman–Crippen MR) is 141 cm³/mol. The summed E-state index contributed by atoms with van der Waals surface area (Å²) in [5.41, 5.74) is 2.00. The summed E-state index contributed by atoms with van der Waals surface area (Å²) < 4.78 is 7.42. The van der Waals surface area contributed by atoms with Gasteiger partial charge < -0.3 is 19.5 Å². The number of hydrogen-bond donors (Lipinski definition) is 1. The number of nitrogens with zero attached hydrogens (tertiary/aromatic N) is 3. The van der Waals surface area contributed by atoms with Gasteiger partial charge in [0.2, 0.25) is 5.91 Å². The second-order valence-electron chi connectivity index (χ2n) is 10.9. The lowest BCUT2D eigenvalue weighted by atomic mass is 9.95. The first kappa shape index (κ1) is 27.6. The minimum Gasteiger partial charge on any atom is -0.372 e. The first-order chi connectivity index (χ1) is 16.9. The number of pyridine rings is 2. The van der Waals surface area contributed by atoms with Crippen LogP contribution in [0.15, 0.2) is 41.6 Å². The van der Waals surface area contributed by atoms with Gasteiger partial charge in [-0.25, -0.2) is 0 Å². The molecule has 0 spiro atoms. The molecule has 1 amide bonds. The molecular formula is C28H40N4O4. The molecule has 1 unspecified atom stereocenters. The number of carbonyl (C=O) groups is 2. The number of ketones is 1. The van der Waals surface area contributed by atoms with Crippen LogP contribution in [0.4, 0.5) is 5.69 Å². The maximum atomic E-state index is 13.6. The molecule has 2 aromatic heterocycles. The molecule has 196 valence electrons. The molecule has 0 saturated carbocycles. The minimum absolute atomic E-state index is 0.0421. The van der Waals surface area contributed by atoms with E-state index in [4.69, 9.17) is 4.74 Å². The lowest BCUT2D eigenvalue weighted by Crippen LogP contribution is -2.55. The number of carbonyl (C=O) groups excluding carboxylic acids is 2. The van der Waals surface area contributed by atoms with Crippen molar-refractivity contribution in [1.82, 2.24) is 14.9 Å². The third-order valence-electron chi connectivity index (χ3n) is 7.00. The largest absolute Gasteiger partial charge is 0.372 e. The number of morpholine rings is 1. The number of ether oxygens (including phenoxy) is 1. The number of aryl methyl sites for hydroxylation is 1. The summed E-state index contributed by atoms with van der Waals surface area (Å²) in [6.45, 7) is 15.0. The topological polar surface area (TPSA) is 93.5 Å². The normalized spacial score (nSPS) is 19.1. The summed E-state index contributed by atoms with van der Waals surface area (Å²) in [6.07, 6.45) is 5.82. The van der Waals surface area contributed by atoms with Gasteiger partial charge in [0.25, 0.3) is 5.56 Å². The molecule has 1 N–H and O–H groups in total. The van der Waals surface area contributed by atoms with Gasteiger partial charge >= 0.3 is 0 Å². The maximum Gasteiger partial charge on any atom is 0.251 e. The van der Waals surface area contributed by atoms with Crippen LogP contribution in [0.5, 0.6) is 0 Å². The number of nitrogens with one attached hydrogen (secondary N) is 1. The Morgan fingerprint density at radius 1 is 1.25 bits per heavy atom. The van der Waals surface area contributed by atoms with Crippen LogP contribution in [-0.2, 0) is 14.3 Å². The molecule has 1 aliphatic heterocycles. The molecule has 1 aliphatic rings. The standard InChI is InChI=1S/C28H40N4O4/c1-18(2)12-25(32-9-8-19(3)13-26(32)34)27(35)30-24(14-20(4)33)22-15-23(17-29-16-22)31-10-11-36-28(6,7)21(31)5/h8-9,13,15-18,21,24-25H,10-12,14H2,1-7H3,(H,30,35)/t21?,24-,25+/m0/s1. The molecule has 3 atom stereocenters. The summed E-state index contributed by atoms with van der Waals surface area (Å²) in [5.74, 6) is -0.136. The molecule has 8 heteroatoms. The smallest absolute Gasteiger partial charge is 0.251 e. The highest BCUT2D eigenvalue weighted by Crippen LogP contribution is 2.31. The second kappa shape index (κ2) is 11.4. The number of anilines is 1. The summed E-state index contributed by atoms with van der Waals surface area (Å²) in [5, 5.41) is 3.07. The summed E-state index contributed by atoms with van der Waals surface area (Å²) >= 11 is 0. The molecule has 2 aromatic rings. The number of amides is 1. The zero-order valence-corrected chi connectivity index (χ0v) is 22.6. The van der Waals surface area contributed by atoms with E-state index in [1.54, 1.807) is 12.4 Å². The van der Waals surface area contributed by atoms with Crippen LogP contribution in [0.1, 0.15) is 77.6 Å². The van der Waals surface area contributed by atoms with E-state index >= 15 is 0 Å². The van der Waals surface area contributed by atoms with Gasteiger partial charge in [0.1, 0.15) is 11.8 Å². The highest BCUT2D eigenvalue weighted by molar-refractivity contribution is 5.82. The third-order valence-corrected chi connectivity index (χ3v) is 7.00. The van der Waals surface area contributed by atoms with Crippen molar-refractivity contribution in [2.45, 2.75) is 85.0 Å². The van der Waals surface area contributed by atoms with Crippen LogP contribution < -0.4 is 15.8 Å². The molecule has 0 aromatic carbocycles. The Hall–Kier alpha value is -3.00. The van der Waals surface area contributed by atoms with E-state index in [0.29, 0.717) is 13.0 Å². The number of aromatic nitrogens is 2. The van der Waals surface area contributed by atoms with E-state index in [-0.39, 0.29) is 41.2 Å². The van der Waals surface area contributed by atoms with E-state index < -0.39 is 12.1 Å².